The van der Waals surface area contributed by atoms with E-state index in [1.807, 2.05) is 13.8 Å². The molecule has 2 N–H and O–H groups in total. The van der Waals surface area contributed by atoms with Gasteiger partial charge in [0, 0.05) is 25.2 Å². The molecule has 1 aromatic carbocycles. The lowest BCUT2D eigenvalue weighted by molar-refractivity contribution is -0.139. The summed E-state index contributed by atoms with van der Waals surface area (Å²) >= 11 is 0. The summed E-state index contributed by atoms with van der Waals surface area (Å²) in [6.07, 6.45) is -0.0585. The molecule has 116 valence electrons. The van der Waals surface area contributed by atoms with Crippen molar-refractivity contribution in [2.75, 3.05) is 13.1 Å². The summed E-state index contributed by atoms with van der Waals surface area (Å²) < 4.78 is 32.1. The van der Waals surface area contributed by atoms with E-state index in [-0.39, 0.29) is 23.6 Å². The van der Waals surface area contributed by atoms with E-state index in [4.69, 9.17) is 10.5 Å². The molecule has 1 saturated heterocycles. The van der Waals surface area contributed by atoms with Crippen LogP contribution in [0.3, 0.4) is 0 Å². The predicted octanol–water partition coefficient (Wildman–Crippen LogP) is 1.93. The Hall–Kier alpha value is -1.69. The molecule has 1 fully saturated rings. The molecule has 2 atom stereocenters. The third kappa shape index (κ3) is 3.69. The third-order valence-electron chi connectivity index (χ3n) is 3.53. The second-order valence-electron chi connectivity index (χ2n) is 5.69. The van der Waals surface area contributed by atoms with Crippen LogP contribution >= 0.6 is 0 Å². The summed E-state index contributed by atoms with van der Waals surface area (Å²) in [5.41, 5.74) is 5.80. The molecule has 0 aromatic heterocycles. The van der Waals surface area contributed by atoms with Crippen LogP contribution in [0.5, 0.6) is 5.75 Å². The zero-order valence-electron chi connectivity index (χ0n) is 12.2. The van der Waals surface area contributed by atoms with Crippen LogP contribution in [0.1, 0.15) is 20.3 Å². The zero-order valence-corrected chi connectivity index (χ0v) is 12.2. The van der Waals surface area contributed by atoms with E-state index in [0.29, 0.717) is 13.1 Å². The van der Waals surface area contributed by atoms with Crippen LogP contribution in [0, 0.1) is 17.6 Å². The first-order valence-corrected chi connectivity index (χ1v) is 7.04. The van der Waals surface area contributed by atoms with Crippen molar-refractivity contribution in [2.24, 2.45) is 11.7 Å². The van der Waals surface area contributed by atoms with Gasteiger partial charge in [-0.1, -0.05) is 13.8 Å². The Kier molecular flexibility index (Phi) is 4.77. The number of amides is 1. The molecule has 1 aromatic rings. The fourth-order valence-corrected chi connectivity index (χ4v) is 2.35. The van der Waals surface area contributed by atoms with Crippen molar-refractivity contribution in [1.82, 2.24) is 4.90 Å². The van der Waals surface area contributed by atoms with Crippen LogP contribution in [0.15, 0.2) is 18.2 Å². The molecule has 0 aliphatic carbocycles. The molecule has 2 rings (SSSR count). The van der Waals surface area contributed by atoms with Gasteiger partial charge >= 0.3 is 0 Å². The molecule has 0 bridgehead atoms. The Balaban J connectivity index is 2.13. The molecule has 6 heteroatoms. The third-order valence-corrected chi connectivity index (χ3v) is 3.53. The van der Waals surface area contributed by atoms with Crippen molar-refractivity contribution in [1.29, 1.82) is 0 Å². The van der Waals surface area contributed by atoms with E-state index in [2.05, 4.69) is 0 Å². The average Bonchev–Trinajstić information content (AvgIpc) is 2.83. The highest BCUT2D eigenvalue weighted by Gasteiger charge is 2.33. The molecule has 0 spiro atoms. The van der Waals surface area contributed by atoms with E-state index in [1.54, 1.807) is 4.90 Å². The number of carbonyl (C=O) groups excluding carboxylic acids is 1. The Morgan fingerprint density at radius 3 is 2.67 bits per heavy atom. The van der Waals surface area contributed by atoms with Gasteiger partial charge in [-0.2, -0.15) is 0 Å². The normalized spacial score (nSPS) is 19.9. The molecule has 0 unspecified atom stereocenters. The minimum absolute atomic E-state index is 0.0238. The van der Waals surface area contributed by atoms with Crippen LogP contribution in [0.25, 0.3) is 0 Å². The molecule has 21 heavy (non-hydrogen) atoms. The number of nitrogens with two attached hydrogens (primary N) is 1. The van der Waals surface area contributed by atoms with Crippen LogP contribution in [-0.2, 0) is 4.79 Å². The number of nitrogens with zero attached hydrogens (tertiary/aromatic N) is 1. The van der Waals surface area contributed by atoms with Gasteiger partial charge < -0.3 is 15.4 Å². The summed E-state index contributed by atoms with van der Waals surface area (Å²) in [7, 11) is 0. The highest BCUT2D eigenvalue weighted by atomic mass is 19.1. The maximum atomic E-state index is 13.7. The second-order valence-corrected chi connectivity index (χ2v) is 5.69. The van der Waals surface area contributed by atoms with E-state index < -0.39 is 17.7 Å². The molecule has 1 amide bonds. The van der Waals surface area contributed by atoms with Gasteiger partial charge in [0.1, 0.15) is 5.82 Å². The Morgan fingerprint density at radius 2 is 2.14 bits per heavy atom. The van der Waals surface area contributed by atoms with E-state index >= 15 is 0 Å². The van der Waals surface area contributed by atoms with E-state index in [0.717, 1.165) is 18.6 Å². The van der Waals surface area contributed by atoms with Gasteiger partial charge in [-0.3, -0.25) is 4.79 Å². The van der Waals surface area contributed by atoms with Crippen molar-refractivity contribution in [3.05, 3.63) is 29.8 Å². The second kappa shape index (κ2) is 6.39. The highest BCUT2D eigenvalue weighted by Crippen LogP contribution is 2.23. The lowest BCUT2D eigenvalue weighted by Gasteiger charge is -2.26. The summed E-state index contributed by atoms with van der Waals surface area (Å²) in [6, 6.07) is 3.02. The van der Waals surface area contributed by atoms with Gasteiger partial charge in [0.05, 0.1) is 0 Å². The number of halogens is 2. The lowest BCUT2D eigenvalue weighted by atomic mass is 10.1. The monoisotopic (exact) mass is 298 g/mol. The molecule has 0 radical (unpaired) electrons. The van der Waals surface area contributed by atoms with Gasteiger partial charge in [0.2, 0.25) is 0 Å². The standard InChI is InChI=1S/C15H20F2N2O2/c1-9(2)14(15(20)19-6-5-11(18)8-19)21-13-4-3-10(16)7-12(13)17/h3-4,7,9,11,14H,5-6,8,18H2,1-2H3/t11-,14-/m0/s1. The van der Waals surface area contributed by atoms with Gasteiger partial charge in [0.25, 0.3) is 5.91 Å². The molecule has 0 saturated carbocycles. The number of carbonyl (C=O) groups is 1. The number of rotatable bonds is 4. The quantitative estimate of drug-likeness (QED) is 0.924. The van der Waals surface area contributed by atoms with Gasteiger partial charge in [0.15, 0.2) is 17.7 Å². The fourth-order valence-electron chi connectivity index (χ4n) is 2.35. The highest BCUT2D eigenvalue weighted by molar-refractivity contribution is 5.82. The van der Waals surface area contributed by atoms with Gasteiger partial charge in [-0.25, -0.2) is 8.78 Å². The maximum absolute atomic E-state index is 13.7. The number of likely N-dealkylation sites (tertiary alicyclic amines) is 1. The summed E-state index contributed by atoms with van der Waals surface area (Å²) in [6.45, 7) is 4.70. The molecular formula is C15H20F2N2O2. The number of ether oxygens (including phenoxy) is 1. The minimum Gasteiger partial charge on any atom is -0.477 e. The van der Waals surface area contributed by atoms with Gasteiger partial charge in [-0.05, 0) is 24.5 Å². The predicted molar refractivity (Wildman–Crippen MR) is 74.8 cm³/mol. The SMILES string of the molecule is CC(C)[C@H](Oc1ccc(F)cc1F)C(=O)N1CC[C@H](N)C1. The first-order chi connectivity index (χ1) is 9.88. The van der Waals surface area contributed by atoms with E-state index in [9.17, 15) is 13.6 Å². The molecule has 1 heterocycles. The molecular weight excluding hydrogens is 278 g/mol. The smallest absolute Gasteiger partial charge is 0.263 e. The van der Waals surface area contributed by atoms with Crippen LogP contribution in [0.4, 0.5) is 8.78 Å². The Labute approximate surface area is 122 Å². The van der Waals surface area contributed by atoms with Crippen molar-refractivity contribution in [3.63, 3.8) is 0 Å². The fraction of sp³-hybridized carbons (Fsp3) is 0.533. The topological polar surface area (TPSA) is 55.6 Å². The lowest BCUT2D eigenvalue weighted by Crippen LogP contribution is -2.44. The Bertz CT molecular complexity index is 522. The Morgan fingerprint density at radius 1 is 1.43 bits per heavy atom. The van der Waals surface area contributed by atoms with Gasteiger partial charge in [-0.15, -0.1) is 0 Å². The number of benzene rings is 1. The van der Waals surface area contributed by atoms with E-state index in [1.165, 1.54) is 6.07 Å². The van der Waals surface area contributed by atoms with Crippen LogP contribution in [0.2, 0.25) is 0 Å². The first kappa shape index (κ1) is 15.7. The van der Waals surface area contributed by atoms with Crippen LogP contribution < -0.4 is 10.5 Å². The molecule has 4 nitrogen and oxygen atoms in total. The van der Waals surface area contributed by atoms with Crippen molar-refractivity contribution in [3.8, 4) is 5.75 Å². The zero-order chi connectivity index (χ0) is 15.6. The average molecular weight is 298 g/mol. The van der Waals surface area contributed by atoms with Crippen molar-refractivity contribution in [2.45, 2.75) is 32.4 Å². The van der Waals surface area contributed by atoms with Crippen molar-refractivity contribution >= 4 is 5.91 Å². The number of hydrogen-bond donors (Lipinski definition) is 1. The summed E-state index contributed by atoms with van der Waals surface area (Å²) in [4.78, 5) is 14.1. The molecule has 1 aliphatic heterocycles. The largest absolute Gasteiger partial charge is 0.477 e. The minimum atomic E-state index is -0.813. The summed E-state index contributed by atoms with van der Waals surface area (Å²) in [5.74, 6) is -1.96. The van der Waals surface area contributed by atoms with Crippen LogP contribution in [-0.4, -0.2) is 36.0 Å². The maximum Gasteiger partial charge on any atom is 0.263 e. The number of hydrogen-bond acceptors (Lipinski definition) is 3. The molecule has 1 aliphatic rings. The van der Waals surface area contributed by atoms with Crippen molar-refractivity contribution < 1.29 is 18.3 Å². The first-order valence-electron chi connectivity index (χ1n) is 7.04. The summed E-state index contributed by atoms with van der Waals surface area (Å²) in [5, 5.41) is 0.